The fraction of sp³-hybridized carbons (Fsp3) is 0.308. The van der Waals surface area contributed by atoms with Crippen LogP contribution < -0.4 is 26.9 Å². The normalized spacial score (nSPS) is 13.9. The summed E-state index contributed by atoms with van der Waals surface area (Å²) in [5.74, 6) is 2.10. The Balaban J connectivity index is 1.50. The fourth-order valence-corrected chi connectivity index (χ4v) is 5.04. The van der Waals surface area contributed by atoms with Crippen LogP contribution in [0.3, 0.4) is 0 Å². The van der Waals surface area contributed by atoms with Gasteiger partial charge in [-0.05, 0) is 54.0 Å². The smallest absolute Gasteiger partial charge is 0.407 e. The lowest BCUT2D eigenvalue weighted by atomic mass is 9.89. The molecule has 0 bridgehead atoms. The number of amides is 1. The second-order valence-corrected chi connectivity index (χ2v) is 9.13. The molecule has 1 fully saturated rings. The van der Waals surface area contributed by atoms with Crippen LogP contribution in [0.15, 0.2) is 47.4 Å². The summed E-state index contributed by atoms with van der Waals surface area (Å²) in [4.78, 5) is 34.8. The summed E-state index contributed by atoms with van der Waals surface area (Å²) < 4.78 is 0. The molecule has 0 aliphatic carbocycles. The van der Waals surface area contributed by atoms with Crippen molar-refractivity contribution >= 4 is 40.0 Å². The van der Waals surface area contributed by atoms with Gasteiger partial charge in [0.2, 0.25) is 0 Å². The number of aromatic amines is 1. The molecular weight excluding hydrogens is 486 g/mol. The summed E-state index contributed by atoms with van der Waals surface area (Å²) >= 11 is 0. The van der Waals surface area contributed by atoms with Crippen molar-refractivity contribution in [1.82, 2.24) is 24.8 Å². The number of pyridine rings is 2. The van der Waals surface area contributed by atoms with Crippen LogP contribution in [-0.4, -0.2) is 70.2 Å². The van der Waals surface area contributed by atoms with Gasteiger partial charge < -0.3 is 36.4 Å². The molecule has 0 unspecified atom stereocenters. The van der Waals surface area contributed by atoms with Crippen LogP contribution in [0.4, 0.5) is 27.9 Å². The lowest BCUT2D eigenvalue weighted by Crippen LogP contribution is -2.36. The molecule has 5 rings (SSSR count). The zero-order chi connectivity index (χ0) is 26.8. The zero-order valence-electron chi connectivity index (χ0n) is 21.5. The maximum Gasteiger partial charge on any atom is 0.407 e. The number of benzene rings is 1. The van der Waals surface area contributed by atoms with E-state index in [1.807, 2.05) is 31.3 Å². The van der Waals surface area contributed by atoms with Gasteiger partial charge in [0, 0.05) is 46.1 Å². The Morgan fingerprint density at radius 1 is 1.05 bits per heavy atom. The van der Waals surface area contributed by atoms with Gasteiger partial charge in [0.1, 0.15) is 5.82 Å². The minimum Gasteiger partial charge on any atom is -0.465 e. The summed E-state index contributed by atoms with van der Waals surface area (Å²) in [6, 6.07) is 11.8. The number of rotatable bonds is 7. The average molecular weight is 518 g/mol. The first-order valence-corrected chi connectivity index (χ1v) is 12.5. The number of fused-ring (bicyclic) bond motifs is 1. The van der Waals surface area contributed by atoms with Crippen LogP contribution in [0.5, 0.6) is 0 Å². The largest absolute Gasteiger partial charge is 0.465 e. The molecule has 4 heterocycles. The number of anilines is 4. The predicted octanol–water partition coefficient (Wildman–Crippen LogP) is 3.64. The molecular formula is C26H31N9O3. The van der Waals surface area contributed by atoms with Crippen LogP contribution >= 0.6 is 0 Å². The minimum absolute atomic E-state index is 0.237. The van der Waals surface area contributed by atoms with Gasteiger partial charge >= 0.3 is 6.09 Å². The molecule has 0 spiro atoms. The standard InChI is InChI=1S/C26H31N9O3/c1-27-22-21(24(28-2)35(29-3)33-22)19-14-17-8-11-30-25(36)20(17)23(32-19)31-18-6-4-15(5-7-18)16-9-12-34(13-10-16)26(37)38/h4-8,11,14,16,28-29H,9-10,12-13H2,1-3H3,(H,27,33)(H,30,36)(H,31,32)(H,37,38). The van der Waals surface area contributed by atoms with Gasteiger partial charge in [0.15, 0.2) is 11.6 Å². The lowest BCUT2D eigenvalue weighted by molar-refractivity contribution is 0.132. The summed E-state index contributed by atoms with van der Waals surface area (Å²) in [5, 5.41) is 24.6. The number of aromatic nitrogens is 4. The first kappa shape index (κ1) is 24.9. The molecule has 12 heteroatoms. The number of hydrogen-bond donors (Lipinski definition) is 6. The first-order valence-electron chi connectivity index (χ1n) is 12.5. The SMILES string of the molecule is CNc1nn(NC)c(NC)c1-c1cc2cc[nH]c(=O)c2c(Nc2ccc(C3CCN(C(=O)O)CC3)cc2)n1. The second kappa shape index (κ2) is 10.3. The van der Waals surface area contributed by atoms with Crippen LogP contribution in [0.2, 0.25) is 0 Å². The Kier molecular flexibility index (Phi) is 6.77. The van der Waals surface area contributed by atoms with Crippen LogP contribution in [0.1, 0.15) is 24.3 Å². The van der Waals surface area contributed by atoms with Gasteiger partial charge in [-0.3, -0.25) is 4.79 Å². The molecule has 1 amide bonds. The zero-order valence-corrected chi connectivity index (χ0v) is 21.5. The molecule has 1 aliphatic rings. The third-order valence-electron chi connectivity index (χ3n) is 6.99. The van der Waals surface area contributed by atoms with E-state index in [2.05, 4.69) is 43.6 Å². The number of likely N-dealkylation sites (tertiary alicyclic amines) is 1. The highest BCUT2D eigenvalue weighted by molar-refractivity contribution is 5.97. The van der Waals surface area contributed by atoms with Gasteiger partial charge in [-0.15, -0.1) is 5.10 Å². The molecule has 198 valence electrons. The molecule has 3 aromatic heterocycles. The summed E-state index contributed by atoms with van der Waals surface area (Å²) in [5.41, 5.74) is 6.15. The molecule has 12 nitrogen and oxygen atoms in total. The van der Waals surface area contributed by atoms with E-state index >= 15 is 0 Å². The van der Waals surface area contributed by atoms with Crippen molar-refractivity contribution < 1.29 is 9.90 Å². The Hall–Kier alpha value is -4.74. The van der Waals surface area contributed by atoms with Gasteiger partial charge in [0.25, 0.3) is 5.56 Å². The number of carboxylic acid groups (broad SMARTS) is 1. The highest BCUT2D eigenvalue weighted by Gasteiger charge is 2.24. The number of hydrogen-bond acceptors (Lipinski definition) is 8. The van der Waals surface area contributed by atoms with Crippen LogP contribution in [-0.2, 0) is 0 Å². The molecule has 38 heavy (non-hydrogen) atoms. The van der Waals surface area contributed by atoms with E-state index in [-0.39, 0.29) is 5.56 Å². The van der Waals surface area contributed by atoms with Crippen molar-refractivity contribution in [3.05, 3.63) is 58.5 Å². The summed E-state index contributed by atoms with van der Waals surface area (Å²) in [6.45, 7) is 1.08. The Morgan fingerprint density at radius 3 is 2.42 bits per heavy atom. The van der Waals surface area contributed by atoms with E-state index in [4.69, 9.17) is 4.98 Å². The van der Waals surface area contributed by atoms with Crippen molar-refractivity contribution in [3.8, 4) is 11.3 Å². The number of nitrogens with one attached hydrogen (secondary N) is 5. The molecule has 1 aliphatic heterocycles. The number of H-pyrrole nitrogens is 1. The third-order valence-corrected chi connectivity index (χ3v) is 6.99. The van der Waals surface area contributed by atoms with E-state index in [0.717, 1.165) is 35.3 Å². The van der Waals surface area contributed by atoms with Crippen molar-refractivity contribution in [2.75, 3.05) is 55.6 Å². The second-order valence-electron chi connectivity index (χ2n) is 9.13. The highest BCUT2D eigenvalue weighted by Crippen LogP contribution is 2.36. The van der Waals surface area contributed by atoms with Gasteiger partial charge in [0.05, 0.1) is 16.6 Å². The molecule has 0 saturated carbocycles. The van der Waals surface area contributed by atoms with Crippen molar-refractivity contribution in [2.45, 2.75) is 18.8 Å². The number of nitrogens with zero attached hydrogens (tertiary/aromatic N) is 4. The number of carbonyl (C=O) groups is 1. The predicted molar refractivity (Wildman–Crippen MR) is 149 cm³/mol. The molecule has 1 saturated heterocycles. The number of piperidine rings is 1. The highest BCUT2D eigenvalue weighted by atomic mass is 16.4. The Morgan fingerprint density at radius 2 is 1.79 bits per heavy atom. The van der Waals surface area contributed by atoms with Crippen LogP contribution in [0.25, 0.3) is 22.0 Å². The molecule has 0 atom stereocenters. The van der Waals surface area contributed by atoms with Crippen molar-refractivity contribution in [1.29, 1.82) is 0 Å². The van der Waals surface area contributed by atoms with E-state index in [1.54, 1.807) is 25.1 Å². The summed E-state index contributed by atoms with van der Waals surface area (Å²) in [7, 11) is 5.38. The van der Waals surface area contributed by atoms with Crippen LogP contribution in [0, 0.1) is 0 Å². The lowest BCUT2D eigenvalue weighted by Gasteiger charge is -2.30. The maximum atomic E-state index is 12.8. The Bertz CT molecular complexity index is 1520. The first-order chi connectivity index (χ1) is 18.4. The summed E-state index contributed by atoms with van der Waals surface area (Å²) in [6.07, 6.45) is 2.36. The topological polar surface area (TPSA) is 152 Å². The van der Waals surface area contributed by atoms with E-state index in [0.29, 0.717) is 41.7 Å². The minimum atomic E-state index is -0.859. The van der Waals surface area contributed by atoms with Crippen molar-refractivity contribution in [2.24, 2.45) is 0 Å². The average Bonchev–Trinajstić information content (AvgIpc) is 3.31. The van der Waals surface area contributed by atoms with Crippen molar-refractivity contribution in [3.63, 3.8) is 0 Å². The van der Waals surface area contributed by atoms with E-state index in [1.165, 1.54) is 10.5 Å². The molecule has 1 aromatic carbocycles. The van der Waals surface area contributed by atoms with Gasteiger partial charge in [-0.2, -0.15) is 4.79 Å². The van der Waals surface area contributed by atoms with Gasteiger partial charge in [-0.1, -0.05) is 12.1 Å². The molecule has 4 aromatic rings. The quantitative estimate of drug-likeness (QED) is 0.216. The van der Waals surface area contributed by atoms with E-state index < -0.39 is 6.09 Å². The fourth-order valence-electron chi connectivity index (χ4n) is 5.04. The molecule has 0 radical (unpaired) electrons. The third kappa shape index (κ3) is 4.56. The van der Waals surface area contributed by atoms with E-state index in [9.17, 15) is 14.7 Å². The molecule has 6 N–H and O–H groups in total. The Labute approximate surface area is 219 Å². The van der Waals surface area contributed by atoms with Gasteiger partial charge in [-0.25, -0.2) is 9.78 Å². The monoisotopic (exact) mass is 517 g/mol. The maximum absolute atomic E-state index is 12.8.